The molecular weight excluding hydrogens is 224 g/mol. The number of hydrogen-bond donors (Lipinski definition) is 1. The van der Waals surface area contributed by atoms with Crippen LogP contribution < -0.4 is 0 Å². The molecule has 1 aromatic rings. The monoisotopic (exact) mass is 229 g/mol. The van der Waals surface area contributed by atoms with Crippen molar-refractivity contribution in [3.63, 3.8) is 0 Å². The molecule has 0 amide bonds. The second-order valence-corrected chi connectivity index (χ2v) is 2.77. The number of nitrogens with zero attached hydrogens (tertiary/aromatic N) is 1. The molecular formula is C9H5F2NO4. The molecule has 0 aromatic heterocycles. The highest BCUT2D eigenvalue weighted by molar-refractivity contribution is 5.89. The number of benzene rings is 1. The van der Waals surface area contributed by atoms with Crippen LogP contribution in [0.5, 0.6) is 0 Å². The van der Waals surface area contributed by atoms with E-state index in [1.807, 2.05) is 0 Å². The molecule has 0 unspecified atom stereocenters. The molecule has 5 nitrogen and oxygen atoms in total. The van der Waals surface area contributed by atoms with Crippen molar-refractivity contribution in [2.45, 2.75) is 0 Å². The van der Waals surface area contributed by atoms with Crippen LogP contribution >= 0.6 is 0 Å². The Morgan fingerprint density at radius 1 is 1.50 bits per heavy atom. The highest BCUT2D eigenvalue weighted by Crippen LogP contribution is 2.20. The average Bonchev–Trinajstić information content (AvgIpc) is 2.20. The summed E-state index contributed by atoms with van der Waals surface area (Å²) in [7, 11) is 0. The van der Waals surface area contributed by atoms with E-state index in [1.54, 1.807) is 0 Å². The molecule has 1 rings (SSSR count). The van der Waals surface area contributed by atoms with Crippen LogP contribution in [-0.2, 0) is 4.79 Å². The summed E-state index contributed by atoms with van der Waals surface area (Å²) in [5.41, 5.74) is -0.945. The zero-order valence-electron chi connectivity index (χ0n) is 7.68. The molecule has 16 heavy (non-hydrogen) atoms. The van der Waals surface area contributed by atoms with Crippen molar-refractivity contribution in [1.29, 1.82) is 0 Å². The maximum absolute atomic E-state index is 12.8. The Kier molecular flexibility index (Phi) is 3.29. The Bertz CT molecular complexity index is 484. The van der Waals surface area contributed by atoms with Gasteiger partial charge in [0.05, 0.1) is 4.92 Å². The third kappa shape index (κ3) is 2.59. The van der Waals surface area contributed by atoms with Gasteiger partial charge >= 0.3 is 11.7 Å². The molecule has 1 N–H and O–H groups in total. The van der Waals surface area contributed by atoms with Gasteiger partial charge in [0.25, 0.3) is 0 Å². The molecule has 0 saturated heterocycles. The lowest BCUT2D eigenvalue weighted by Gasteiger charge is -1.96. The van der Waals surface area contributed by atoms with Crippen LogP contribution in [0, 0.1) is 15.9 Å². The quantitative estimate of drug-likeness (QED) is 0.489. The van der Waals surface area contributed by atoms with Crippen LogP contribution in [0.15, 0.2) is 24.0 Å². The Balaban J connectivity index is 3.18. The number of aliphatic carboxylic acids is 1. The summed E-state index contributed by atoms with van der Waals surface area (Å²) in [5, 5.41) is 18.6. The van der Waals surface area contributed by atoms with Gasteiger partial charge in [0.2, 0.25) is 11.6 Å². The van der Waals surface area contributed by atoms with Crippen LogP contribution in [0.2, 0.25) is 0 Å². The fraction of sp³-hybridized carbons (Fsp3) is 0. The van der Waals surface area contributed by atoms with Crippen LogP contribution in [-0.4, -0.2) is 16.0 Å². The summed E-state index contributed by atoms with van der Waals surface area (Å²) in [6.45, 7) is 0. The van der Waals surface area contributed by atoms with Crippen molar-refractivity contribution in [3.8, 4) is 0 Å². The van der Waals surface area contributed by atoms with Gasteiger partial charge in [-0.25, -0.2) is 4.79 Å². The van der Waals surface area contributed by atoms with E-state index in [0.29, 0.717) is 6.08 Å². The van der Waals surface area contributed by atoms with E-state index >= 15 is 0 Å². The molecule has 0 aliphatic heterocycles. The van der Waals surface area contributed by atoms with Crippen molar-refractivity contribution in [1.82, 2.24) is 0 Å². The summed E-state index contributed by atoms with van der Waals surface area (Å²) in [6.07, 6.45) is 0.564. The number of rotatable bonds is 3. The van der Waals surface area contributed by atoms with E-state index in [4.69, 9.17) is 5.11 Å². The molecule has 0 bridgehead atoms. The molecule has 0 saturated carbocycles. The van der Waals surface area contributed by atoms with Crippen molar-refractivity contribution in [2.75, 3.05) is 0 Å². The normalized spacial score (nSPS) is 11.2. The number of carboxylic acid groups (broad SMARTS) is 1. The van der Waals surface area contributed by atoms with E-state index in [9.17, 15) is 23.7 Å². The summed E-state index contributed by atoms with van der Waals surface area (Å²) in [6, 6.07) is 2.54. The van der Waals surface area contributed by atoms with Crippen LogP contribution in [0.3, 0.4) is 0 Å². The summed E-state index contributed by atoms with van der Waals surface area (Å²) >= 11 is 0. The van der Waals surface area contributed by atoms with Crippen molar-refractivity contribution >= 4 is 17.7 Å². The number of nitro benzene ring substituents is 1. The van der Waals surface area contributed by atoms with E-state index in [1.165, 1.54) is 0 Å². The predicted octanol–water partition coefficient (Wildman–Crippen LogP) is 2.13. The van der Waals surface area contributed by atoms with Gasteiger partial charge in [0.15, 0.2) is 0 Å². The van der Waals surface area contributed by atoms with Crippen molar-refractivity contribution in [2.24, 2.45) is 0 Å². The first-order valence-corrected chi connectivity index (χ1v) is 3.96. The Morgan fingerprint density at radius 2 is 2.12 bits per heavy atom. The minimum atomic E-state index is -1.80. The van der Waals surface area contributed by atoms with Gasteiger partial charge < -0.3 is 5.11 Å². The number of hydrogen-bond acceptors (Lipinski definition) is 3. The highest BCUT2D eigenvalue weighted by Gasteiger charge is 2.14. The topological polar surface area (TPSA) is 80.4 Å². The number of halogens is 2. The third-order valence-electron chi connectivity index (χ3n) is 1.66. The summed E-state index contributed by atoms with van der Waals surface area (Å²) < 4.78 is 25.5. The maximum atomic E-state index is 12.8. The lowest BCUT2D eigenvalue weighted by molar-refractivity contribution is -0.387. The van der Waals surface area contributed by atoms with E-state index in [-0.39, 0.29) is 5.56 Å². The molecule has 0 radical (unpaired) electrons. The second kappa shape index (κ2) is 4.47. The van der Waals surface area contributed by atoms with Gasteiger partial charge in [-0.3, -0.25) is 10.1 Å². The lowest BCUT2D eigenvalue weighted by Crippen LogP contribution is -1.95. The minimum Gasteiger partial charge on any atom is -0.476 e. The number of nitro groups is 1. The zero-order chi connectivity index (χ0) is 12.3. The van der Waals surface area contributed by atoms with Crippen LogP contribution in [0.1, 0.15) is 5.56 Å². The predicted molar refractivity (Wildman–Crippen MR) is 49.8 cm³/mol. The summed E-state index contributed by atoms with van der Waals surface area (Å²) in [5.74, 6) is -4.36. The Hall–Kier alpha value is -2.31. The van der Waals surface area contributed by atoms with Gasteiger partial charge in [-0.1, -0.05) is 6.07 Å². The number of carboxylic acids is 1. The zero-order valence-corrected chi connectivity index (χ0v) is 7.68. The highest BCUT2D eigenvalue weighted by atomic mass is 19.1. The van der Waals surface area contributed by atoms with E-state index in [2.05, 4.69) is 0 Å². The molecule has 0 heterocycles. The molecule has 84 valence electrons. The first-order valence-electron chi connectivity index (χ1n) is 3.96. The first-order chi connectivity index (χ1) is 7.41. The largest absolute Gasteiger partial charge is 0.476 e. The van der Waals surface area contributed by atoms with Crippen LogP contribution in [0.4, 0.5) is 14.5 Å². The first kappa shape index (κ1) is 11.8. The fourth-order valence-electron chi connectivity index (χ4n) is 0.967. The fourth-order valence-corrected chi connectivity index (χ4v) is 0.967. The summed E-state index contributed by atoms with van der Waals surface area (Å²) in [4.78, 5) is 19.5. The van der Waals surface area contributed by atoms with Gasteiger partial charge in [0, 0.05) is 6.07 Å². The molecule has 1 aromatic carbocycles. The Labute approximate surface area is 87.8 Å². The second-order valence-electron chi connectivity index (χ2n) is 2.77. The lowest BCUT2D eigenvalue weighted by atomic mass is 10.2. The van der Waals surface area contributed by atoms with Crippen molar-refractivity contribution in [3.05, 3.63) is 45.5 Å². The smallest absolute Gasteiger partial charge is 0.364 e. The van der Waals surface area contributed by atoms with Gasteiger partial charge in [-0.05, 0) is 17.7 Å². The number of carbonyl (C=O) groups is 1. The van der Waals surface area contributed by atoms with Gasteiger partial charge in [0.1, 0.15) is 0 Å². The SMILES string of the molecule is O=C(O)/C(F)=C/c1ccc(F)c([N+](=O)[O-])c1. The minimum absolute atomic E-state index is 0.104. The van der Waals surface area contributed by atoms with Gasteiger partial charge in [-0.15, -0.1) is 0 Å². The average molecular weight is 229 g/mol. The molecule has 0 aliphatic carbocycles. The van der Waals surface area contributed by atoms with E-state index in [0.717, 1.165) is 18.2 Å². The molecule has 7 heteroatoms. The van der Waals surface area contributed by atoms with Crippen molar-refractivity contribution < 1.29 is 23.6 Å². The van der Waals surface area contributed by atoms with Gasteiger partial charge in [-0.2, -0.15) is 8.78 Å². The third-order valence-corrected chi connectivity index (χ3v) is 1.66. The maximum Gasteiger partial charge on any atom is 0.364 e. The standard InChI is InChI=1S/C9H5F2NO4/c10-6-2-1-5(3-7(11)9(13)14)4-8(6)12(15)16/h1-4H,(H,13,14)/b7-3-. The molecule has 0 spiro atoms. The molecule has 0 atom stereocenters. The Morgan fingerprint density at radius 3 is 2.62 bits per heavy atom. The molecule has 0 fully saturated rings. The van der Waals surface area contributed by atoms with Crippen LogP contribution in [0.25, 0.3) is 6.08 Å². The van der Waals surface area contributed by atoms with E-state index < -0.39 is 28.2 Å². The molecule has 0 aliphatic rings.